The van der Waals surface area contributed by atoms with E-state index in [-0.39, 0.29) is 0 Å². The maximum Gasteiger partial charge on any atom is -0.0207 e. The Balaban J connectivity index is 1.77. The predicted octanol–water partition coefficient (Wildman–Crippen LogP) is 8.01. The van der Waals surface area contributed by atoms with Crippen LogP contribution in [0.1, 0.15) is 118 Å². The molecule has 0 heterocycles. The molecule has 0 spiro atoms. The van der Waals surface area contributed by atoms with Gasteiger partial charge in [0.1, 0.15) is 0 Å². The molecule has 3 rings (SSSR count). The van der Waals surface area contributed by atoms with Gasteiger partial charge < -0.3 is 0 Å². The standard InChI is InChI=1S/C24H44/c1-5-9-19-13-15-23-17-22(12-8-4)24(23,18-21(23)11-7-3)16-14-20(19)10-6-2/h19-22H,5-18H2,1-4H3/t19?,20?,21-,22+,23?,24?. The third-order valence-corrected chi connectivity index (χ3v) is 8.96. The zero-order valence-corrected chi connectivity index (χ0v) is 17.2. The molecule has 0 saturated heterocycles. The van der Waals surface area contributed by atoms with Crippen LogP contribution in [0.3, 0.4) is 0 Å². The van der Waals surface area contributed by atoms with Gasteiger partial charge in [-0.15, -0.1) is 0 Å². The number of hydrogen-bond donors (Lipinski definition) is 0. The SMILES string of the molecule is CCCC1CCC23C[C@H](CCC)C2(CCC1CCC)C[C@H]3CCC. The second-order valence-corrected chi connectivity index (χ2v) is 9.87. The average molecular weight is 333 g/mol. The number of rotatable bonds is 8. The van der Waals surface area contributed by atoms with Gasteiger partial charge in [0.15, 0.2) is 0 Å². The van der Waals surface area contributed by atoms with Crippen LogP contribution >= 0.6 is 0 Å². The van der Waals surface area contributed by atoms with Crippen LogP contribution in [-0.2, 0) is 0 Å². The van der Waals surface area contributed by atoms with Crippen molar-refractivity contribution in [1.82, 2.24) is 0 Å². The van der Waals surface area contributed by atoms with Crippen molar-refractivity contribution in [2.24, 2.45) is 34.5 Å². The Labute approximate surface area is 152 Å². The molecule has 3 aliphatic carbocycles. The first kappa shape index (κ1) is 18.8. The summed E-state index contributed by atoms with van der Waals surface area (Å²) in [4.78, 5) is 0. The Hall–Kier alpha value is 0. The summed E-state index contributed by atoms with van der Waals surface area (Å²) in [6.07, 6.45) is 21.3. The molecule has 3 saturated carbocycles. The summed E-state index contributed by atoms with van der Waals surface area (Å²) in [6, 6.07) is 0. The van der Waals surface area contributed by atoms with Crippen molar-refractivity contribution in [2.45, 2.75) is 118 Å². The molecule has 140 valence electrons. The maximum absolute atomic E-state index is 2.42. The third kappa shape index (κ3) is 2.79. The van der Waals surface area contributed by atoms with Crippen molar-refractivity contribution < 1.29 is 0 Å². The minimum absolute atomic E-state index is 0.812. The van der Waals surface area contributed by atoms with Crippen molar-refractivity contribution in [2.75, 3.05) is 0 Å². The molecule has 0 radical (unpaired) electrons. The highest BCUT2D eigenvalue weighted by Crippen LogP contribution is 2.81. The van der Waals surface area contributed by atoms with Gasteiger partial charge in [0.2, 0.25) is 0 Å². The van der Waals surface area contributed by atoms with Crippen molar-refractivity contribution >= 4 is 0 Å². The molecule has 4 unspecified atom stereocenters. The van der Waals surface area contributed by atoms with Gasteiger partial charge in [-0.3, -0.25) is 0 Å². The van der Waals surface area contributed by atoms with Crippen LogP contribution in [0.5, 0.6) is 0 Å². The quantitative estimate of drug-likeness (QED) is 0.422. The van der Waals surface area contributed by atoms with E-state index in [1.807, 2.05) is 0 Å². The second kappa shape index (κ2) is 7.71. The molecule has 3 fully saturated rings. The van der Waals surface area contributed by atoms with Gasteiger partial charge in [0.25, 0.3) is 0 Å². The lowest BCUT2D eigenvalue weighted by atomic mass is 9.26. The van der Waals surface area contributed by atoms with E-state index in [1.165, 1.54) is 51.4 Å². The topological polar surface area (TPSA) is 0 Å². The molecule has 0 amide bonds. The van der Waals surface area contributed by atoms with E-state index >= 15 is 0 Å². The van der Waals surface area contributed by atoms with Crippen molar-refractivity contribution in [3.05, 3.63) is 0 Å². The molecule has 0 aromatic rings. The fourth-order valence-electron chi connectivity index (χ4n) is 7.98. The first-order valence-electron chi connectivity index (χ1n) is 11.7. The van der Waals surface area contributed by atoms with E-state index in [0.717, 1.165) is 34.5 Å². The van der Waals surface area contributed by atoms with Gasteiger partial charge in [-0.1, -0.05) is 79.1 Å². The van der Waals surface area contributed by atoms with E-state index in [9.17, 15) is 0 Å². The first-order chi connectivity index (χ1) is 11.7. The van der Waals surface area contributed by atoms with Gasteiger partial charge in [0.05, 0.1) is 0 Å². The van der Waals surface area contributed by atoms with Crippen LogP contribution in [0.4, 0.5) is 0 Å². The van der Waals surface area contributed by atoms with Gasteiger partial charge in [0, 0.05) is 0 Å². The molecule has 0 aromatic heterocycles. The minimum Gasteiger partial charge on any atom is -0.0654 e. The zero-order valence-electron chi connectivity index (χ0n) is 17.2. The third-order valence-electron chi connectivity index (χ3n) is 8.96. The summed E-state index contributed by atoms with van der Waals surface area (Å²) < 4.78 is 0. The monoisotopic (exact) mass is 332 g/mol. The molecular formula is C24H44. The summed E-state index contributed by atoms with van der Waals surface area (Å²) in [6.45, 7) is 9.65. The Kier molecular flexibility index (Phi) is 6.03. The molecule has 0 aliphatic heterocycles. The average Bonchev–Trinajstić information content (AvgIpc) is 2.57. The van der Waals surface area contributed by atoms with Crippen LogP contribution in [0.25, 0.3) is 0 Å². The van der Waals surface area contributed by atoms with Crippen LogP contribution in [0.2, 0.25) is 0 Å². The molecule has 0 aromatic carbocycles. The van der Waals surface area contributed by atoms with Crippen LogP contribution in [-0.4, -0.2) is 0 Å². The van der Waals surface area contributed by atoms with E-state index in [2.05, 4.69) is 27.7 Å². The van der Waals surface area contributed by atoms with Gasteiger partial charge in [-0.05, 0) is 73.0 Å². The summed E-state index contributed by atoms with van der Waals surface area (Å²) in [7, 11) is 0. The summed E-state index contributed by atoms with van der Waals surface area (Å²) in [5.74, 6) is 4.30. The smallest absolute Gasteiger partial charge is 0.0207 e. The molecule has 24 heavy (non-hydrogen) atoms. The zero-order chi connectivity index (χ0) is 17.2. The minimum atomic E-state index is 0.812. The highest BCUT2D eigenvalue weighted by molar-refractivity contribution is 5.22. The van der Waals surface area contributed by atoms with E-state index in [0.29, 0.717) is 0 Å². The van der Waals surface area contributed by atoms with Gasteiger partial charge >= 0.3 is 0 Å². The lowest BCUT2D eigenvalue weighted by Crippen LogP contribution is -2.71. The van der Waals surface area contributed by atoms with Crippen LogP contribution < -0.4 is 0 Å². The van der Waals surface area contributed by atoms with Gasteiger partial charge in [-0.25, -0.2) is 0 Å². The molecule has 0 N–H and O–H groups in total. The van der Waals surface area contributed by atoms with Crippen LogP contribution in [0, 0.1) is 34.5 Å². The highest BCUT2D eigenvalue weighted by atomic mass is 14.8. The maximum atomic E-state index is 2.42. The molecule has 3 aliphatic rings. The van der Waals surface area contributed by atoms with E-state index in [1.54, 1.807) is 38.5 Å². The summed E-state index contributed by atoms with van der Waals surface area (Å²) in [5.41, 5.74) is 1.62. The second-order valence-electron chi connectivity index (χ2n) is 9.87. The van der Waals surface area contributed by atoms with Crippen molar-refractivity contribution in [3.63, 3.8) is 0 Å². The lowest BCUT2D eigenvalue weighted by Gasteiger charge is -2.78. The molecular weight excluding hydrogens is 288 g/mol. The Morgan fingerprint density at radius 3 is 1.29 bits per heavy atom. The predicted molar refractivity (Wildman–Crippen MR) is 106 cm³/mol. The first-order valence-corrected chi connectivity index (χ1v) is 11.7. The molecule has 6 atom stereocenters. The number of hydrogen-bond acceptors (Lipinski definition) is 0. The summed E-state index contributed by atoms with van der Waals surface area (Å²) >= 11 is 0. The highest BCUT2D eigenvalue weighted by Gasteiger charge is 2.73. The van der Waals surface area contributed by atoms with Crippen molar-refractivity contribution in [3.8, 4) is 0 Å². The Bertz CT molecular complexity index is 361. The van der Waals surface area contributed by atoms with Gasteiger partial charge in [-0.2, -0.15) is 0 Å². The Morgan fingerprint density at radius 2 is 0.958 bits per heavy atom. The normalized spacial score (nSPS) is 44.5. The fourth-order valence-corrected chi connectivity index (χ4v) is 7.98. The molecule has 0 bridgehead atoms. The van der Waals surface area contributed by atoms with Crippen molar-refractivity contribution in [1.29, 1.82) is 0 Å². The largest absolute Gasteiger partial charge is 0.0654 e. The molecule has 0 heteroatoms. The molecule has 0 nitrogen and oxygen atoms in total. The lowest BCUT2D eigenvalue weighted by molar-refractivity contribution is -0.296. The fraction of sp³-hybridized carbons (Fsp3) is 1.00. The van der Waals surface area contributed by atoms with E-state index in [4.69, 9.17) is 0 Å². The van der Waals surface area contributed by atoms with Crippen LogP contribution in [0.15, 0.2) is 0 Å². The Morgan fingerprint density at radius 1 is 0.583 bits per heavy atom. The van der Waals surface area contributed by atoms with E-state index < -0.39 is 0 Å². The summed E-state index contributed by atoms with van der Waals surface area (Å²) in [5, 5.41) is 0.